The van der Waals surface area contributed by atoms with E-state index in [1.807, 2.05) is 36.2 Å². The fourth-order valence-electron chi connectivity index (χ4n) is 1.75. The number of Topliss-reactive ketones (excluding diaryl/α,β-unsaturated/α-hetero) is 1. The minimum atomic E-state index is -0.326. The second-order valence-electron chi connectivity index (χ2n) is 4.40. The largest absolute Gasteiger partial charge is 0.497 e. The van der Waals surface area contributed by atoms with Gasteiger partial charge in [-0.1, -0.05) is 0 Å². The maximum Gasteiger partial charge on any atom is 0.306 e. The van der Waals surface area contributed by atoms with Crippen LogP contribution in [0.3, 0.4) is 0 Å². The highest BCUT2D eigenvalue weighted by Crippen LogP contribution is 2.18. The quantitative estimate of drug-likeness (QED) is 0.682. The van der Waals surface area contributed by atoms with Gasteiger partial charge in [-0.25, -0.2) is 0 Å². The number of ketones is 1. The van der Waals surface area contributed by atoms with E-state index in [-0.39, 0.29) is 31.1 Å². The molecule has 1 aromatic carbocycles. The van der Waals surface area contributed by atoms with Crippen LogP contribution < -0.4 is 9.64 Å². The Morgan fingerprint density at radius 2 is 1.80 bits per heavy atom. The molecule has 0 amide bonds. The van der Waals surface area contributed by atoms with Crippen molar-refractivity contribution >= 4 is 17.4 Å². The lowest BCUT2D eigenvalue weighted by Crippen LogP contribution is -2.25. The highest BCUT2D eigenvalue weighted by Gasteiger charge is 2.10. The fraction of sp³-hybridized carbons (Fsp3) is 0.467. The van der Waals surface area contributed by atoms with Gasteiger partial charge in [0.25, 0.3) is 0 Å². The molecule has 0 fully saturated rings. The topological polar surface area (TPSA) is 55.8 Å². The first-order valence-electron chi connectivity index (χ1n) is 6.59. The summed E-state index contributed by atoms with van der Waals surface area (Å²) in [5, 5.41) is 0. The average Bonchev–Trinajstić information content (AvgIpc) is 2.45. The summed E-state index contributed by atoms with van der Waals surface area (Å²) in [6, 6.07) is 7.46. The molecule has 1 aromatic rings. The second-order valence-corrected chi connectivity index (χ2v) is 4.40. The minimum absolute atomic E-state index is 0.0105. The molecule has 0 aliphatic rings. The molecular weight excluding hydrogens is 258 g/mol. The molecule has 0 saturated heterocycles. The molecule has 0 spiro atoms. The smallest absolute Gasteiger partial charge is 0.306 e. The number of hydrogen-bond acceptors (Lipinski definition) is 5. The Kier molecular flexibility index (Phi) is 6.56. The lowest BCUT2D eigenvalue weighted by Gasteiger charge is -2.18. The number of anilines is 1. The third kappa shape index (κ3) is 5.30. The van der Waals surface area contributed by atoms with E-state index < -0.39 is 0 Å². The van der Waals surface area contributed by atoms with Crippen molar-refractivity contribution in [3.8, 4) is 5.75 Å². The lowest BCUT2D eigenvalue weighted by molar-refractivity contribution is -0.144. The van der Waals surface area contributed by atoms with Crippen LogP contribution >= 0.6 is 0 Å². The van der Waals surface area contributed by atoms with Crippen LogP contribution in [0, 0.1) is 0 Å². The van der Waals surface area contributed by atoms with Gasteiger partial charge in [0.15, 0.2) is 5.78 Å². The summed E-state index contributed by atoms with van der Waals surface area (Å²) in [7, 11) is 3.45. The van der Waals surface area contributed by atoms with E-state index in [1.54, 1.807) is 14.0 Å². The first kappa shape index (κ1) is 16.0. The Bertz CT molecular complexity index is 442. The summed E-state index contributed by atoms with van der Waals surface area (Å²) in [4.78, 5) is 24.8. The molecule has 0 heterocycles. The Labute approximate surface area is 119 Å². The zero-order valence-corrected chi connectivity index (χ0v) is 12.2. The SMILES string of the molecule is CCOC(=O)CCC(=O)CN(C)c1ccc(OC)cc1. The van der Waals surface area contributed by atoms with Gasteiger partial charge in [-0.3, -0.25) is 9.59 Å². The summed E-state index contributed by atoms with van der Waals surface area (Å²) < 4.78 is 9.87. The Morgan fingerprint density at radius 3 is 2.35 bits per heavy atom. The fourth-order valence-corrected chi connectivity index (χ4v) is 1.75. The molecule has 0 atom stereocenters. The van der Waals surface area contributed by atoms with Crippen molar-refractivity contribution in [3.63, 3.8) is 0 Å². The first-order valence-corrected chi connectivity index (χ1v) is 6.59. The molecule has 5 heteroatoms. The van der Waals surface area contributed by atoms with Gasteiger partial charge >= 0.3 is 5.97 Å². The van der Waals surface area contributed by atoms with Crippen LogP contribution in [0.1, 0.15) is 19.8 Å². The number of ether oxygens (including phenoxy) is 2. The number of nitrogens with zero attached hydrogens (tertiary/aromatic N) is 1. The molecule has 0 radical (unpaired) electrons. The van der Waals surface area contributed by atoms with E-state index in [2.05, 4.69) is 0 Å². The summed E-state index contributed by atoms with van der Waals surface area (Å²) in [6.45, 7) is 2.36. The van der Waals surface area contributed by atoms with Gasteiger partial charge in [0.1, 0.15) is 5.75 Å². The molecule has 1 rings (SSSR count). The van der Waals surface area contributed by atoms with Gasteiger partial charge in [0.2, 0.25) is 0 Å². The Morgan fingerprint density at radius 1 is 1.15 bits per heavy atom. The van der Waals surface area contributed by atoms with E-state index in [0.29, 0.717) is 6.61 Å². The molecule has 0 aliphatic carbocycles. The average molecular weight is 279 g/mol. The van der Waals surface area contributed by atoms with Crippen LogP contribution in [0.4, 0.5) is 5.69 Å². The van der Waals surface area contributed by atoms with Gasteiger partial charge < -0.3 is 14.4 Å². The summed E-state index contributed by atoms with van der Waals surface area (Å²) >= 11 is 0. The minimum Gasteiger partial charge on any atom is -0.497 e. The molecule has 0 bridgehead atoms. The van der Waals surface area contributed by atoms with Crippen LogP contribution in [0.15, 0.2) is 24.3 Å². The zero-order chi connectivity index (χ0) is 15.0. The number of methoxy groups -OCH3 is 1. The van der Waals surface area contributed by atoms with Gasteiger partial charge in [-0.15, -0.1) is 0 Å². The molecule has 0 saturated carbocycles. The highest BCUT2D eigenvalue weighted by atomic mass is 16.5. The molecule has 0 N–H and O–H groups in total. The van der Waals surface area contributed by atoms with Crippen LogP contribution in [-0.2, 0) is 14.3 Å². The normalized spacial score (nSPS) is 9.95. The third-order valence-corrected chi connectivity index (χ3v) is 2.84. The van der Waals surface area contributed by atoms with Crippen molar-refractivity contribution in [2.75, 3.05) is 32.2 Å². The molecule has 5 nitrogen and oxygen atoms in total. The predicted octanol–water partition coefficient (Wildman–Crippen LogP) is 2.04. The van der Waals surface area contributed by atoms with E-state index >= 15 is 0 Å². The maximum absolute atomic E-state index is 11.8. The van der Waals surface area contributed by atoms with Crippen molar-refractivity contribution < 1.29 is 19.1 Å². The maximum atomic E-state index is 11.8. The summed E-state index contributed by atoms with van der Waals surface area (Å²) in [5.41, 5.74) is 0.926. The molecular formula is C15H21NO4. The molecule has 0 unspecified atom stereocenters. The van der Waals surface area contributed by atoms with Crippen molar-refractivity contribution in [3.05, 3.63) is 24.3 Å². The first-order chi connectivity index (χ1) is 9.56. The van der Waals surface area contributed by atoms with Crippen LogP contribution in [0.25, 0.3) is 0 Å². The van der Waals surface area contributed by atoms with Gasteiger partial charge in [0.05, 0.1) is 26.7 Å². The third-order valence-electron chi connectivity index (χ3n) is 2.84. The van der Waals surface area contributed by atoms with Crippen LogP contribution in [0.2, 0.25) is 0 Å². The van der Waals surface area contributed by atoms with Crippen LogP contribution in [-0.4, -0.2) is 39.1 Å². The number of hydrogen-bond donors (Lipinski definition) is 0. The standard InChI is InChI=1S/C15H21NO4/c1-4-20-15(18)10-7-13(17)11-16(2)12-5-8-14(19-3)9-6-12/h5-6,8-9H,4,7,10-11H2,1-3H3. The van der Waals surface area contributed by atoms with E-state index in [9.17, 15) is 9.59 Å². The number of esters is 1. The number of carbonyl (C=O) groups is 2. The highest BCUT2D eigenvalue weighted by molar-refractivity contribution is 5.86. The lowest BCUT2D eigenvalue weighted by atomic mass is 10.2. The van der Waals surface area contributed by atoms with Crippen LogP contribution in [0.5, 0.6) is 5.75 Å². The van der Waals surface area contributed by atoms with E-state index in [1.165, 1.54) is 0 Å². The Hall–Kier alpha value is -2.04. The van der Waals surface area contributed by atoms with Crippen molar-refractivity contribution in [1.82, 2.24) is 0 Å². The number of benzene rings is 1. The number of carbonyl (C=O) groups excluding carboxylic acids is 2. The molecule has 110 valence electrons. The van der Waals surface area contributed by atoms with Crippen molar-refractivity contribution in [1.29, 1.82) is 0 Å². The zero-order valence-electron chi connectivity index (χ0n) is 12.2. The Balaban J connectivity index is 2.42. The van der Waals surface area contributed by atoms with Gasteiger partial charge in [-0.05, 0) is 31.2 Å². The monoisotopic (exact) mass is 279 g/mol. The summed E-state index contributed by atoms with van der Waals surface area (Å²) in [5.74, 6) is 0.458. The second kappa shape index (κ2) is 8.19. The number of likely N-dealkylation sites (N-methyl/N-ethyl adjacent to an activating group) is 1. The van der Waals surface area contributed by atoms with E-state index in [0.717, 1.165) is 11.4 Å². The molecule has 0 aromatic heterocycles. The van der Waals surface area contributed by atoms with E-state index in [4.69, 9.17) is 9.47 Å². The predicted molar refractivity (Wildman–Crippen MR) is 77.1 cm³/mol. The molecule has 0 aliphatic heterocycles. The van der Waals surface area contributed by atoms with Gasteiger partial charge in [0, 0.05) is 19.2 Å². The number of rotatable bonds is 8. The van der Waals surface area contributed by atoms with Gasteiger partial charge in [-0.2, -0.15) is 0 Å². The van der Waals surface area contributed by atoms with Crippen molar-refractivity contribution in [2.24, 2.45) is 0 Å². The van der Waals surface area contributed by atoms with Crippen molar-refractivity contribution in [2.45, 2.75) is 19.8 Å². The molecule has 20 heavy (non-hydrogen) atoms. The summed E-state index contributed by atoms with van der Waals surface area (Å²) in [6.07, 6.45) is 0.350.